The van der Waals surface area contributed by atoms with Crippen molar-refractivity contribution in [1.82, 2.24) is 24.9 Å². The van der Waals surface area contributed by atoms with Crippen LogP contribution in [0.25, 0.3) is 0 Å². The zero-order valence-electron chi connectivity index (χ0n) is 10.8. The molecule has 2 aromatic rings. The van der Waals surface area contributed by atoms with Gasteiger partial charge in [-0.2, -0.15) is 10.2 Å². The molecule has 0 aliphatic carbocycles. The summed E-state index contributed by atoms with van der Waals surface area (Å²) in [6, 6.07) is 0. The van der Waals surface area contributed by atoms with Crippen LogP contribution in [0.15, 0.2) is 18.6 Å². The summed E-state index contributed by atoms with van der Waals surface area (Å²) in [5, 5.41) is 11.1. The van der Waals surface area contributed by atoms with Gasteiger partial charge in [0.1, 0.15) is 0 Å². The number of carbonyl (C=O) groups is 1. The van der Waals surface area contributed by atoms with Crippen LogP contribution >= 0.6 is 0 Å². The molecule has 2 rings (SSSR count). The average Bonchev–Trinajstić information content (AvgIpc) is 2.96. The number of hydrogen-bond acceptors (Lipinski definition) is 3. The maximum Gasteiger partial charge on any atom is 0.254 e. The highest BCUT2D eigenvalue weighted by Crippen LogP contribution is 2.05. The molecule has 1 N–H and O–H groups in total. The molecule has 0 radical (unpaired) electrons. The first-order valence-corrected chi connectivity index (χ1v) is 5.90. The van der Waals surface area contributed by atoms with Crippen molar-refractivity contribution < 1.29 is 4.79 Å². The van der Waals surface area contributed by atoms with Crippen molar-refractivity contribution in [3.8, 4) is 0 Å². The lowest BCUT2D eigenvalue weighted by Crippen LogP contribution is -2.22. The molecule has 0 saturated carbocycles. The first-order chi connectivity index (χ1) is 8.61. The van der Waals surface area contributed by atoms with Gasteiger partial charge in [-0.05, 0) is 13.8 Å². The lowest BCUT2D eigenvalue weighted by Gasteiger charge is -2.03. The molecule has 0 unspecified atom stereocenters. The number of aromatic nitrogens is 4. The molecule has 96 valence electrons. The molecular formula is C12H17N5O. The van der Waals surface area contributed by atoms with Gasteiger partial charge < -0.3 is 5.32 Å². The molecule has 6 heteroatoms. The molecule has 0 fully saturated rings. The molecule has 0 spiro atoms. The van der Waals surface area contributed by atoms with Gasteiger partial charge in [0.2, 0.25) is 0 Å². The van der Waals surface area contributed by atoms with Gasteiger partial charge in [-0.3, -0.25) is 14.2 Å². The second-order valence-electron chi connectivity index (χ2n) is 4.15. The Morgan fingerprint density at radius 1 is 1.39 bits per heavy atom. The standard InChI is InChI=1S/C12H17N5O/c1-4-17-8-11(7-15-17)12(18)13-5-10-6-14-16(3)9(10)2/h6-8H,4-5H2,1-3H3,(H,13,18). The Morgan fingerprint density at radius 2 is 2.17 bits per heavy atom. The first-order valence-electron chi connectivity index (χ1n) is 5.90. The second kappa shape index (κ2) is 5.03. The van der Waals surface area contributed by atoms with Crippen LogP contribution < -0.4 is 5.32 Å². The topological polar surface area (TPSA) is 64.7 Å². The number of nitrogens with one attached hydrogen (secondary N) is 1. The normalized spacial score (nSPS) is 10.6. The highest BCUT2D eigenvalue weighted by Gasteiger charge is 2.09. The van der Waals surface area contributed by atoms with E-state index in [4.69, 9.17) is 0 Å². The SMILES string of the molecule is CCn1cc(C(=O)NCc2cnn(C)c2C)cn1. The minimum atomic E-state index is -0.113. The third-order valence-electron chi connectivity index (χ3n) is 3.00. The Bertz CT molecular complexity index is 555. The number of carbonyl (C=O) groups excluding carboxylic acids is 1. The molecule has 1 amide bonds. The zero-order valence-corrected chi connectivity index (χ0v) is 10.8. The summed E-state index contributed by atoms with van der Waals surface area (Å²) in [5.74, 6) is -0.113. The molecular weight excluding hydrogens is 230 g/mol. The van der Waals surface area contributed by atoms with Crippen LogP contribution in [0.4, 0.5) is 0 Å². The van der Waals surface area contributed by atoms with Gasteiger partial charge >= 0.3 is 0 Å². The molecule has 0 bridgehead atoms. The monoisotopic (exact) mass is 247 g/mol. The highest BCUT2D eigenvalue weighted by molar-refractivity contribution is 5.93. The molecule has 18 heavy (non-hydrogen) atoms. The molecule has 2 heterocycles. The van der Waals surface area contributed by atoms with E-state index in [1.807, 2.05) is 20.9 Å². The lowest BCUT2D eigenvalue weighted by atomic mass is 10.2. The predicted octanol–water partition coefficient (Wildman–Crippen LogP) is 0.875. The van der Waals surface area contributed by atoms with Gasteiger partial charge in [0.05, 0.1) is 18.0 Å². The van der Waals surface area contributed by atoms with Gasteiger partial charge in [-0.15, -0.1) is 0 Å². The molecule has 0 aliphatic heterocycles. The Balaban J connectivity index is 1.98. The van der Waals surface area contributed by atoms with Crippen molar-refractivity contribution in [2.45, 2.75) is 26.9 Å². The van der Waals surface area contributed by atoms with E-state index in [0.29, 0.717) is 12.1 Å². The van der Waals surface area contributed by atoms with E-state index in [-0.39, 0.29) is 5.91 Å². The average molecular weight is 247 g/mol. The van der Waals surface area contributed by atoms with Gasteiger partial charge in [-0.1, -0.05) is 0 Å². The Kier molecular flexibility index (Phi) is 3.45. The van der Waals surface area contributed by atoms with Crippen molar-refractivity contribution in [1.29, 1.82) is 0 Å². The molecule has 0 saturated heterocycles. The van der Waals surface area contributed by atoms with E-state index in [0.717, 1.165) is 17.8 Å². The van der Waals surface area contributed by atoms with Crippen LogP contribution in [0, 0.1) is 6.92 Å². The zero-order chi connectivity index (χ0) is 13.1. The van der Waals surface area contributed by atoms with Crippen molar-refractivity contribution >= 4 is 5.91 Å². The van der Waals surface area contributed by atoms with Gasteiger partial charge in [-0.25, -0.2) is 0 Å². The van der Waals surface area contributed by atoms with Crippen molar-refractivity contribution in [2.24, 2.45) is 7.05 Å². The summed E-state index contributed by atoms with van der Waals surface area (Å²) in [7, 11) is 1.88. The van der Waals surface area contributed by atoms with E-state index in [2.05, 4.69) is 15.5 Å². The molecule has 0 aromatic carbocycles. The van der Waals surface area contributed by atoms with E-state index >= 15 is 0 Å². The van der Waals surface area contributed by atoms with E-state index in [1.165, 1.54) is 0 Å². The molecule has 6 nitrogen and oxygen atoms in total. The third-order valence-corrected chi connectivity index (χ3v) is 3.00. The van der Waals surface area contributed by atoms with Gasteiger partial charge in [0.15, 0.2) is 0 Å². The number of rotatable bonds is 4. The maximum absolute atomic E-state index is 11.9. The van der Waals surface area contributed by atoms with Crippen LogP contribution in [0.3, 0.4) is 0 Å². The van der Waals surface area contributed by atoms with Crippen LogP contribution in [0.2, 0.25) is 0 Å². The number of amides is 1. The maximum atomic E-state index is 11.9. The van der Waals surface area contributed by atoms with Crippen LogP contribution in [-0.2, 0) is 20.1 Å². The van der Waals surface area contributed by atoms with Crippen LogP contribution in [0.5, 0.6) is 0 Å². The summed E-state index contributed by atoms with van der Waals surface area (Å²) in [4.78, 5) is 11.9. The summed E-state index contributed by atoms with van der Waals surface area (Å²) in [5.41, 5.74) is 2.66. The highest BCUT2D eigenvalue weighted by atomic mass is 16.1. The van der Waals surface area contributed by atoms with Crippen LogP contribution in [-0.4, -0.2) is 25.5 Å². The van der Waals surface area contributed by atoms with Gasteiger partial charge in [0, 0.05) is 37.6 Å². The Hall–Kier alpha value is -2.11. The van der Waals surface area contributed by atoms with E-state index in [1.54, 1.807) is 28.0 Å². The minimum Gasteiger partial charge on any atom is -0.348 e. The molecule has 0 aliphatic rings. The fraction of sp³-hybridized carbons (Fsp3) is 0.417. The van der Waals surface area contributed by atoms with Gasteiger partial charge in [0.25, 0.3) is 5.91 Å². The minimum absolute atomic E-state index is 0.113. The second-order valence-corrected chi connectivity index (χ2v) is 4.15. The predicted molar refractivity (Wildman–Crippen MR) is 67.0 cm³/mol. The fourth-order valence-electron chi connectivity index (χ4n) is 1.65. The van der Waals surface area contributed by atoms with E-state index in [9.17, 15) is 4.79 Å². The molecule has 2 aromatic heterocycles. The lowest BCUT2D eigenvalue weighted by molar-refractivity contribution is 0.0951. The van der Waals surface area contributed by atoms with E-state index < -0.39 is 0 Å². The summed E-state index contributed by atoms with van der Waals surface area (Å²) in [6.07, 6.45) is 5.09. The summed E-state index contributed by atoms with van der Waals surface area (Å²) in [6.45, 7) is 5.20. The van der Waals surface area contributed by atoms with Crippen molar-refractivity contribution in [2.75, 3.05) is 0 Å². The third kappa shape index (κ3) is 2.42. The quantitative estimate of drug-likeness (QED) is 0.872. The Morgan fingerprint density at radius 3 is 2.72 bits per heavy atom. The molecule has 0 atom stereocenters. The summed E-state index contributed by atoms with van der Waals surface area (Å²) >= 11 is 0. The van der Waals surface area contributed by atoms with Crippen molar-refractivity contribution in [3.05, 3.63) is 35.4 Å². The number of hydrogen-bond donors (Lipinski definition) is 1. The first kappa shape index (κ1) is 12.3. The van der Waals surface area contributed by atoms with Crippen molar-refractivity contribution in [3.63, 3.8) is 0 Å². The fourth-order valence-corrected chi connectivity index (χ4v) is 1.65. The number of nitrogens with zero attached hydrogens (tertiary/aromatic N) is 4. The van der Waals surface area contributed by atoms with Crippen LogP contribution in [0.1, 0.15) is 28.5 Å². The Labute approximate surface area is 106 Å². The summed E-state index contributed by atoms with van der Waals surface area (Å²) < 4.78 is 3.51. The number of aryl methyl sites for hydroxylation is 2. The smallest absolute Gasteiger partial charge is 0.254 e. The largest absolute Gasteiger partial charge is 0.348 e.